The molecule has 0 spiro atoms. The van der Waals surface area contributed by atoms with Crippen molar-refractivity contribution in [2.45, 2.75) is 12.3 Å². The number of aliphatic hydroxyl groups excluding tert-OH is 1. The van der Waals surface area contributed by atoms with Gasteiger partial charge in [-0.15, -0.1) is 0 Å². The quantitative estimate of drug-likeness (QED) is 0.909. The number of hydrogen-bond donors (Lipinski definition) is 1. The van der Waals surface area contributed by atoms with Gasteiger partial charge >= 0.3 is 0 Å². The van der Waals surface area contributed by atoms with E-state index in [1.165, 1.54) is 13.2 Å². The van der Waals surface area contributed by atoms with Gasteiger partial charge in [-0.3, -0.25) is 0 Å². The molecule has 2 rings (SSSR count). The minimum atomic E-state index is -0.402. The zero-order chi connectivity index (χ0) is 14.5. The van der Waals surface area contributed by atoms with Crippen molar-refractivity contribution in [2.75, 3.05) is 13.7 Å². The molecule has 0 aliphatic heterocycles. The van der Waals surface area contributed by atoms with Crippen LogP contribution >= 0.6 is 11.6 Å². The molecular weight excluding hydrogens is 279 g/mol. The third-order valence-electron chi connectivity index (χ3n) is 3.26. The highest BCUT2D eigenvalue weighted by Crippen LogP contribution is 2.28. The van der Waals surface area contributed by atoms with Gasteiger partial charge in [-0.2, -0.15) is 0 Å². The second kappa shape index (κ2) is 6.73. The number of aliphatic hydroxyl groups is 1. The molecule has 4 heteroatoms. The molecular formula is C16H16ClFO2. The van der Waals surface area contributed by atoms with Gasteiger partial charge in [0.05, 0.1) is 13.7 Å². The second-order valence-electron chi connectivity index (χ2n) is 4.57. The van der Waals surface area contributed by atoms with Crippen molar-refractivity contribution in [3.05, 3.63) is 64.4 Å². The molecule has 0 saturated carbocycles. The summed E-state index contributed by atoms with van der Waals surface area (Å²) in [6.07, 6.45) is 0.515. The molecule has 106 valence electrons. The molecule has 0 fully saturated rings. The Morgan fingerprint density at radius 1 is 1.25 bits per heavy atom. The molecule has 20 heavy (non-hydrogen) atoms. The zero-order valence-corrected chi connectivity index (χ0v) is 11.9. The van der Waals surface area contributed by atoms with E-state index in [9.17, 15) is 9.50 Å². The molecule has 0 aliphatic carbocycles. The first-order valence-electron chi connectivity index (χ1n) is 6.33. The van der Waals surface area contributed by atoms with Crippen LogP contribution < -0.4 is 4.74 Å². The van der Waals surface area contributed by atoms with E-state index in [4.69, 9.17) is 16.3 Å². The van der Waals surface area contributed by atoms with E-state index in [0.29, 0.717) is 11.4 Å². The number of ether oxygens (including phenoxy) is 1. The van der Waals surface area contributed by atoms with Crippen LogP contribution in [0.1, 0.15) is 17.0 Å². The number of methoxy groups -OCH3 is 1. The first-order valence-corrected chi connectivity index (χ1v) is 6.71. The average Bonchev–Trinajstić information content (AvgIpc) is 2.46. The lowest BCUT2D eigenvalue weighted by atomic mass is 9.92. The lowest BCUT2D eigenvalue weighted by molar-refractivity contribution is 0.264. The lowest BCUT2D eigenvalue weighted by Gasteiger charge is -2.16. The first-order chi connectivity index (χ1) is 9.65. The first kappa shape index (κ1) is 14.8. The van der Waals surface area contributed by atoms with E-state index in [2.05, 4.69) is 0 Å². The van der Waals surface area contributed by atoms with E-state index in [1.54, 1.807) is 18.2 Å². The Labute approximate surface area is 122 Å². The molecule has 0 saturated heterocycles. The second-order valence-corrected chi connectivity index (χ2v) is 4.98. The highest BCUT2D eigenvalue weighted by Gasteiger charge is 2.15. The van der Waals surface area contributed by atoms with E-state index in [1.807, 2.05) is 18.2 Å². The maximum atomic E-state index is 13.7. The van der Waals surface area contributed by atoms with Crippen LogP contribution in [0.2, 0.25) is 5.02 Å². The largest absolute Gasteiger partial charge is 0.494 e. The smallest absolute Gasteiger partial charge is 0.165 e. The van der Waals surface area contributed by atoms with Crippen molar-refractivity contribution < 1.29 is 14.2 Å². The van der Waals surface area contributed by atoms with Crippen LogP contribution in [-0.4, -0.2) is 18.8 Å². The maximum Gasteiger partial charge on any atom is 0.165 e. The van der Waals surface area contributed by atoms with Gasteiger partial charge in [0.25, 0.3) is 0 Å². The van der Waals surface area contributed by atoms with Crippen LogP contribution in [-0.2, 0) is 6.42 Å². The Hall–Kier alpha value is -1.58. The predicted molar refractivity (Wildman–Crippen MR) is 77.9 cm³/mol. The van der Waals surface area contributed by atoms with Gasteiger partial charge < -0.3 is 9.84 Å². The molecule has 1 N–H and O–H groups in total. The van der Waals surface area contributed by atoms with Gasteiger partial charge in [-0.25, -0.2) is 4.39 Å². The van der Waals surface area contributed by atoms with Crippen molar-refractivity contribution in [1.82, 2.24) is 0 Å². The predicted octanol–water partition coefficient (Wildman–Crippen LogP) is 3.81. The van der Waals surface area contributed by atoms with Gasteiger partial charge in [0, 0.05) is 10.9 Å². The number of halogens is 2. The van der Waals surface area contributed by atoms with Gasteiger partial charge in [0.2, 0.25) is 0 Å². The minimum Gasteiger partial charge on any atom is -0.494 e. The van der Waals surface area contributed by atoms with Crippen LogP contribution in [0.4, 0.5) is 4.39 Å². The minimum absolute atomic E-state index is 0.0443. The highest BCUT2D eigenvalue weighted by atomic mass is 35.5. The molecule has 0 amide bonds. The standard InChI is InChI=1S/C16H16ClFO2/c1-20-16-7-6-11(9-15(16)18)8-12(10-19)13-4-2-3-5-14(13)17/h2-7,9,12,19H,8,10H2,1H3. The van der Waals surface area contributed by atoms with E-state index in [-0.39, 0.29) is 18.3 Å². The normalized spacial score (nSPS) is 12.2. The third kappa shape index (κ3) is 3.30. The van der Waals surface area contributed by atoms with E-state index < -0.39 is 5.82 Å². The highest BCUT2D eigenvalue weighted by molar-refractivity contribution is 6.31. The Kier molecular flexibility index (Phi) is 4.99. The van der Waals surface area contributed by atoms with Crippen LogP contribution in [0.15, 0.2) is 42.5 Å². The Morgan fingerprint density at radius 2 is 2.00 bits per heavy atom. The molecule has 0 heterocycles. The van der Waals surface area contributed by atoms with Crippen LogP contribution in [0, 0.1) is 5.82 Å². The van der Waals surface area contributed by atoms with Gasteiger partial charge in [0.1, 0.15) is 0 Å². The molecule has 1 atom stereocenters. The number of rotatable bonds is 5. The summed E-state index contributed by atoms with van der Waals surface area (Å²) >= 11 is 6.14. The summed E-state index contributed by atoms with van der Waals surface area (Å²) in [6.45, 7) is -0.0443. The zero-order valence-electron chi connectivity index (χ0n) is 11.1. The maximum absolute atomic E-state index is 13.7. The fourth-order valence-corrected chi connectivity index (χ4v) is 2.49. The van der Waals surface area contributed by atoms with E-state index >= 15 is 0 Å². The van der Waals surface area contributed by atoms with Crippen molar-refractivity contribution >= 4 is 11.6 Å². The SMILES string of the molecule is COc1ccc(CC(CO)c2ccccc2Cl)cc1F. The average molecular weight is 295 g/mol. The van der Waals surface area contributed by atoms with Crippen LogP contribution in [0.3, 0.4) is 0 Å². The summed E-state index contributed by atoms with van der Waals surface area (Å²) in [7, 11) is 1.43. The Morgan fingerprint density at radius 3 is 2.60 bits per heavy atom. The fraction of sp³-hybridized carbons (Fsp3) is 0.250. The number of hydrogen-bond acceptors (Lipinski definition) is 2. The monoisotopic (exact) mass is 294 g/mol. The van der Waals surface area contributed by atoms with Crippen molar-refractivity contribution in [3.63, 3.8) is 0 Å². The molecule has 2 aromatic rings. The van der Waals surface area contributed by atoms with Crippen LogP contribution in [0.5, 0.6) is 5.75 Å². The third-order valence-corrected chi connectivity index (χ3v) is 3.61. The molecule has 0 bridgehead atoms. The summed E-state index contributed by atoms with van der Waals surface area (Å²) in [4.78, 5) is 0. The van der Waals surface area contributed by atoms with Gasteiger partial charge in [-0.1, -0.05) is 35.9 Å². The Balaban J connectivity index is 2.23. The molecule has 0 aliphatic rings. The summed E-state index contributed by atoms with van der Waals surface area (Å²) in [6, 6.07) is 12.2. The van der Waals surface area contributed by atoms with Crippen molar-refractivity contribution in [3.8, 4) is 5.75 Å². The molecule has 0 radical (unpaired) electrons. The number of benzene rings is 2. The summed E-state index contributed by atoms with van der Waals surface area (Å²) < 4.78 is 18.6. The van der Waals surface area contributed by atoms with Gasteiger partial charge in [0.15, 0.2) is 11.6 Å². The fourth-order valence-electron chi connectivity index (χ4n) is 2.20. The van der Waals surface area contributed by atoms with Crippen molar-refractivity contribution in [1.29, 1.82) is 0 Å². The molecule has 2 nitrogen and oxygen atoms in total. The van der Waals surface area contributed by atoms with Crippen LogP contribution in [0.25, 0.3) is 0 Å². The summed E-state index contributed by atoms with van der Waals surface area (Å²) in [5.41, 5.74) is 1.66. The molecule has 1 unspecified atom stereocenters. The lowest BCUT2D eigenvalue weighted by Crippen LogP contribution is -2.08. The Bertz CT molecular complexity index is 586. The van der Waals surface area contributed by atoms with E-state index in [0.717, 1.165) is 11.1 Å². The van der Waals surface area contributed by atoms with Gasteiger partial charge in [-0.05, 0) is 35.7 Å². The van der Waals surface area contributed by atoms with Crippen molar-refractivity contribution in [2.24, 2.45) is 0 Å². The molecule has 2 aromatic carbocycles. The molecule has 0 aromatic heterocycles. The summed E-state index contributed by atoms with van der Waals surface area (Å²) in [5, 5.41) is 10.2. The topological polar surface area (TPSA) is 29.5 Å². The summed E-state index contributed by atoms with van der Waals surface area (Å²) in [5.74, 6) is -0.343.